The van der Waals surface area contributed by atoms with E-state index in [0.29, 0.717) is 23.7 Å². The van der Waals surface area contributed by atoms with Gasteiger partial charge < -0.3 is 9.52 Å². The molecule has 0 amide bonds. The van der Waals surface area contributed by atoms with E-state index in [1.54, 1.807) is 6.92 Å². The first-order valence-electron chi connectivity index (χ1n) is 6.28. The molecule has 0 fully saturated rings. The third kappa shape index (κ3) is 2.40. The number of rotatable bonds is 4. The lowest BCUT2D eigenvalue weighted by Gasteiger charge is -2.06. The molecule has 0 bridgehead atoms. The van der Waals surface area contributed by atoms with Crippen molar-refractivity contribution in [2.75, 3.05) is 0 Å². The predicted octanol–water partition coefficient (Wildman–Crippen LogP) is 1.99. The van der Waals surface area contributed by atoms with Crippen molar-refractivity contribution in [3.05, 3.63) is 53.9 Å². The third-order valence-electron chi connectivity index (χ3n) is 3.13. The summed E-state index contributed by atoms with van der Waals surface area (Å²) < 4.78 is 6.67. The van der Waals surface area contributed by atoms with Gasteiger partial charge in [-0.3, -0.25) is 0 Å². The van der Waals surface area contributed by atoms with Gasteiger partial charge in [0.1, 0.15) is 17.1 Å². The van der Waals surface area contributed by atoms with Crippen LogP contribution in [0.3, 0.4) is 0 Å². The number of nitrogens with zero attached hydrogens (tertiary/aromatic N) is 4. The summed E-state index contributed by atoms with van der Waals surface area (Å²) in [5.74, 6) is -0.446. The molecule has 3 rings (SSSR count). The Balaban J connectivity index is 2.09. The minimum absolute atomic E-state index is 0.0812. The van der Waals surface area contributed by atoms with Gasteiger partial charge in [0.05, 0.1) is 6.54 Å². The number of carbonyl (C=O) groups is 1. The second-order valence-electron chi connectivity index (χ2n) is 4.47. The number of hydrogen-bond donors (Lipinski definition) is 1. The molecule has 0 saturated heterocycles. The number of carboxylic acid groups (broad SMARTS) is 1. The van der Waals surface area contributed by atoms with Gasteiger partial charge in [-0.1, -0.05) is 35.5 Å². The highest BCUT2D eigenvalue weighted by Crippen LogP contribution is 2.23. The van der Waals surface area contributed by atoms with E-state index < -0.39 is 5.97 Å². The molecule has 2 heterocycles. The highest BCUT2D eigenvalue weighted by Gasteiger charge is 2.21. The Morgan fingerprint density at radius 3 is 2.71 bits per heavy atom. The molecule has 0 atom stereocenters. The van der Waals surface area contributed by atoms with Gasteiger partial charge in [0.2, 0.25) is 0 Å². The maximum Gasteiger partial charge on any atom is 0.358 e. The van der Waals surface area contributed by atoms with Crippen LogP contribution in [0.25, 0.3) is 11.3 Å². The van der Waals surface area contributed by atoms with Crippen molar-refractivity contribution in [1.29, 1.82) is 0 Å². The van der Waals surface area contributed by atoms with Gasteiger partial charge in [0.25, 0.3) is 0 Å². The van der Waals surface area contributed by atoms with Crippen molar-refractivity contribution < 1.29 is 14.3 Å². The van der Waals surface area contributed by atoms with E-state index in [2.05, 4.69) is 15.3 Å². The molecule has 7 nitrogen and oxygen atoms in total. The van der Waals surface area contributed by atoms with E-state index >= 15 is 0 Å². The van der Waals surface area contributed by atoms with Crippen LogP contribution in [0.4, 0.5) is 0 Å². The van der Waals surface area contributed by atoms with E-state index in [-0.39, 0.29) is 5.69 Å². The second kappa shape index (κ2) is 5.20. The number of aromatic nitrogens is 4. The molecule has 106 valence electrons. The fourth-order valence-electron chi connectivity index (χ4n) is 2.07. The van der Waals surface area contributed by atoms with E-state index in [9.17, 15) is 9.90 Å². The zero-order valence-corrected chi connectivity index (χ0v) is 11.2. The van der Waals surface area contributed by atoms with Crippen LogP contribution in [-0.2, 0) is 6.54 Å². The van der Waals surface area contributed by atoms with Crippen LogP contribution in [0.2, 0.25) is 0 Å². The highest BCUT2D eigenvalue weighted by molar-refractivity contribution is 5.92. The number of hydrogen-bond acceptors (Lipinski definition) is 5. The summed E-state index contributed by atoms with van der Waals surface area (Å²) in [6, 6.07) is 9.16. The van der Waals surface area contributed by atoms with Crippen molar-refractivity contribution in [1.82, 2.24) is 20.0 Å². The Kier molecular flexibility index (Phi) is 3.23. The van der Waals surface area contributed by atoms with Crippen LogP contribution < -0.4 is 0 Å². The van der Waals surface area contributed by atoms with Gasteiger partial charge >= 0.3 is 5.97 Å². The molecule has 0 unspecified atom stereocenters. The second-order valence-corrected chi connectivity index (χ2v) is 4.47. The Bertz CT molecular complexity index is 777. The molecule has 2 aromatic heterocycles. The topological polar surface area (TPSA) is 94.0 Å². The normalized spacial score (nSPS) is 10.7. The predicted molar refractivity (Wildman–Crippen MR) is 72.8 cm³/mol. The zero-order chi connectivity index (χ0) is 14.8. The van der Waals surface area contributed by atoms with E-state index in [4.69, 9.17) is 4.42 Å². The first-order valence-corrected chi connectivity index (χ1v) is 6.28. The van der Waals surface area contributed by atoms with Crippen molar-refractivity contribution >= 4 is 5.97 Å². The van der Waals surface area contributed by atoms with Crippen LogP contribution in [0.15, 0.2) is 41.1 Å². The molecular formula is C14H12N4O3. The molecule has 0 aliphatic carbocycles. The molecule has 7 heteroatoms. The van der Waals surface area contributed by atoms with Gasteiger partial charge in [-0.25, -0.2) is 14.5 Å². The summed E-state index contributed by atoms with van der Waals surface area (Å²) in [6.07, 6.45) is 1.35. The lowest BCUT2D eigenvalue weighted by atomic mass is 10.1. The zero-order valence-electron chi connectivity index (χ0n) is 11.2. The van der Waals surface area contributed by atoms with Crippen LogP contribution in [0.1, 0.15) is 21.9 Å². The number of carboxylic acids is 1. The van der Waals surface area contributed by atoms with Crippen molar-refractivity contribution in [2.24, 2.45) is 0 Å². The molecule has 1 aromatic carbocycles. The van der Waals surface area contributed by atoms with E-state index in [0.717, 1.165) is 5.56 Å². The van der Waals surface area contributed by atoms with Crippen LogP contribution in [0.5, 0.6) is 0 Å². The average Bonchev–Trinajstić information content (AvgIpc) is 3.07. The summed E-state index contributed by atoms with van der Waals surface area (Å²) in [6.45, 7) is 2.09. The Labute approximate surface area is 119 Å². The minimum Gasteiger partial charge on any atom is -0.476 e. The van der Waals surface area contributed by atoms with Crippen molar-refractivity contribution in [2.45, 2.75) is 13.5 Å². The molecule has 0 aliphatic heterocycles. The SMILES string of the molecule is Cc1ocnc1Cn1nnc(C(=O)O)c1-c1ccccc1. The number of benzene rings is 1. The van der Waals surface area contributed by atoms with Gasteiger partial charge in [0.15, 0.2) is 12.1 Å². The number of oxazole rings is 1. The molecule has 0 radical (unpaired) electrons. The maximum atomic E-state index is 11.3. The van der Waals surface area contributed by atoms with Crippen LogP contribution >= 0.6 is 0 Å². The smallest absolute Gasteiger partial charge is 0.358 e. The summed E-state index contributed by atoms with van der Waals surface area (Å²) in [4.78, 5) is 15.4. The molecule has 21 heavy (non-hydrogen) atoms. The number of aryl methyl sites for hydroxylation is 1. The van der Waals surface area contributed by atoms with E-state index in [1.165, 1.54) is 11.1 Å². The highest BCUT2D eigenvalue weighted by atomic mass is 16.4. The molecule has 1 N–H and O–H groups in total. The standard InChI is InChI=1S/C14H12N4O3/c1-9-11(15-8-21-9)7-18-13(10-5-3-2-4-6-10)12(14(19)20)16-17-18/h2-6,8H,7H2,1H3,(H,19,20). The average molecular weight is 284 g/mol. The van der Waals surface area contributed by atoms with Gasteiger partial charge in [0, 0.05) is 5.56 Å². The molecular weight excluding hydrogens is 272 g/mol. The summed E-state index contributed by atoms with van der Waals surface area (Å²) in [5, 5.41) is 17.0. The fraction of sp³-hybridized carbons (Fsp3) is 0.143. The molecule has 0 aliphatic rings. The van der Waals surface area contributed by atoms with Crippen molar-refractivity contribution in [3.8, 4) is 11.3 Å². The molecule has 0 spiro atoms. The van der Waals surface area contributed by atoms with Crippen LogP contribution in [0, 0.1) is 6.92 Å². The molecule has 0 saturated carbocycles. The third-order valence-corrected chi connectivity index (χ3v) is 3.13. The maximum absolute atomic E-state index is 11.3. The van der Waals surface area contributed by atoms with Gasteiger partial charge in [-0.05, 0) is 6.92 Å². The van der Waals surface area contributed by atoms with Gasteiger partial charge in [-0.15, -0.1) is 5.10 Å². The Hall–Kier alpha value is -2.96. The van der Waals surface area contributed by atoms with Gasteiger partial charge in [-0.2, -0.15) is 0 Å². The largest absolute Gasteiger partial charge is 0.476 e. The lowest BCUT2D eigenvalue weighted by Crippen LogP contribution is -2.07. The Morgan fingerprint density at radius 1 is 1.33 bits per heavy atom. The first-order chi connectivity index (χ1) is 10.2. The summed E-state index contributed by atoms with van der Waals surface area (Å²) in [7, 11) is 0. The fourth-order valence-corrected chi connectivity index (χ4v) is 2.07. The number of aromatic carboxylic acids is 1. The minimum atomic E-state index is -1.11. The molecule has 3 aromatic rings. The van der Waals surface area contributed by atoms with Crippen molar-refractivity contribution in [3.63, 3.8) is 0 Å². The monoisotopic (exact) mass is 284 g/mol. The van der Waals surface area contributed by atoms with E-state index in [1.807, 2.05) is 30.3 Å². The quantitative estimate of drug-likeness (QED) is 0.787. The summed E-state index contributed by atoms with van der Waals surface area (Å²) in [5.41, 5.74) is 1.79. The summed E-state index contributed by atoms with van der Waals surface area (Å²) >= 11 is 0. The first kappa shape index (κ1) is 13.0. The van der Waals surface area contributed by atoms with Crippen LogP contribution in [-0.4, -0.2) is 31.1 Å². The Morgan fingerprint density at radius 2 is 2.10 bits per heavy atom. The lowest BCUT2D eigenvalue weighted by molar-refractivity contribution is 0.0691.